The lowest BCUT2D eigenvalue weighted by atomic mass is 10.2. The second-order valence-corrected chi connectivity index (χ2v) is 6.32. The maximum atomic E-state index is 11.2. The highest BCUT2D eigenvalue weighted by molar-refractivity contribution is 7.99. The number of aromatic nitrogens is 3. The van der Waals surface area contributed by atoms with Gasteiger partial charge in [0.25, 0.3) is 0 Å². The van der Waals surface area contributed by atoms with Crippen molar-refractivity contribution in [3.8, 4) is 0 Å². The molecule has 0 fully saturated rings. The van der Waals surface area contributed by atoms with Gasteiger partial charge in [0.05, 0.1) is 0 Å². The van der Waals surface area contributed by atoms with Crippen LogP contribution in [-0.4, -0.2) is 25.2 Å². The summed E-state index contributed by atoms with van der Waals surface area (Å²) >= 11 is 1.57. The zero-order valence-corrected chi connectivity index (χ0v) is 13.5. The first kappa shape index (κ1) is 14.7. The Morgan fingerprint density at radius 3 is 2.77 bits per heavy atom. The Morgan fingerprint density at radius 1 is 1.36 bits per heavy atom. The van der Waals surface area contributed by atoms with E-state index >= 15 is 0 Å². The van der Waals surface area contributed by atoms with E-state index in [4.69, 9.17) is 0 Å². The van der Waals surface area contributed by atoms with Gasteiger partial charge in [0, 0.05) is 40.9 Å². The Kier molecular flexibility index (Phi) is 3.70. The average molecular weight is 315 g/mol. The molecule has 3 rings (SSSR count). The Bertz CT molecular complexity index is 864. The van der Waals surface area contributed by atoms with E-state index in [9.17, 15) is 9.90 Å². The average Bonchev–Trinajstić information content (AvgIpc) is 2.96. The van der Waals surface area contributed by atoms with Crippen molar-refractivity contribution in [1.29, 1.82) is 0 Å². The van der Waals surface area contributed by atoms with Gasteiger partial charge >= 0.3 is 5.97 Å². The first-order chi connectivity index (χ1) is 10.5. The molecule has 22 heavy (non-hydrogen) atoms. The lowest BCUT2D eigenvalue weighted by molar-refractivity contribution is -0.137. The van der Waals surface area contributed by atoms with Crippen molar-refractivity contribution in [3.63, 3.8) is 0 Å². The molecule has 0 saturated heterocycles. The van der Waals surface area contributed by atoms with E-state index in [1.807, 2.05) is 48.4 Å². The third-order valence-corrected chi connectivity index (χ3v) is 4.98. The van der Waals surface area contributed by atoms with Gasteiger partial charge in [-0.15, -0.1) is 0 Å². The van der Waals surface area contributed by atoms with Gasteiger partial charge in [0.15, 0.2) is 5.16 Å². The summed E-state index contributed by atoms with van der Waals surface area (Å²) < 4.78 is 3.81. The summed E-state index contributed by atoms with van der Waals surface area (Å²) in [5.74, 6) is -0.839. The van der Waals surface area contributed by atoms with Crippen LogP contribution in [0.3, 0.4) is 0 Å². The molecule has 0 unspecified atom stereocenters. The van der Waals surface area contributed by atoms with Crippen LogP contribution in [0, 0.1) is 13.8 Å². The Balaban J connectivity index is 2.19. The van der Waals surface area contributed by atoms with Crippen molar-refractivity contribution in [1.82, 2.24) is 14.1 Å². The van der Waals surface area contributed by atoms with Crippen molar-refractivity contribution < 1.29 is 9.90 Å². The summed E-state index contributed by atoms with van der Waals surface area (Å²) in [6.07, 6.45) is 3.67. The van der Waals surface area contributed by atoms with Crippen molar-refractivity contribution >= 4 is 28.6 Å². The van der Waals surface area contributed by atoms with Crippen LogP contribution in [0.1, 0.15) is 11.3 Å². The normalized spacial score (nSPS) is 11.2. The Hall–Kier alpha value is -2.21. The highest BCUT2D eigenvalue weighted by atomic mass is 32.2. The van der Waals surface area contributed by atoms with Crippen LogP contribution in [0.15, 0.2) is 40.6 Å². The summed E-state index contributed by atoms with van der Waals surface area (Å²) in [6.45, 7) is 3.97. The first-order valence-electron chi connectivity index (χ1n) is 6.94. The number of carbonyl (C=O) groups is 1. The molecular weight excluding hydrogens is 298 g/mol. The van der Waals surface area contributed by atoms with Crippen LogP contribution in [0.4, 0.5) is 0 Å². The van der Waals surface area contributed by atoms with Crippen LogP contribution < -0.4 is 0 Å². The van der Waals surface area contributed by atoms with E-state index in [0.29, 0.717) is 0 Å². The molecule has 6 heteroatoms. The molecule has 114 valence electrons. The third-order valence-electron chi connectivity index (χ3n) is 3.68. The smallest absolute Gasteiger partial charge is 0.323 e. The molecular formula is C16H17N3O2S. The van der Waals surface area contributed by atoms with Gasteiger partial charge in [0.1, 0.15) is 6.54 Å². The number of rotatable bonds is 4. The highest BCUT2D eigenvalue weighted by Gasteiger charge is 2.18. The molecule has 0 atom stereocenters. The number of aryl methyl sites for hydroxylation is 2. The first-order valence-corrected chi connectivity index (χ1v) is 7.75. The molecule has 1 N–H and O–H groups in total. The number of benzene rings is 1. The minimum atomic E-state index is -0.839. The molecule has 0 radical (unpaired) electrons. The molecule has 3 aromatic rings. The lowest BCUT2D eigenvalue weighted by Crippen LogP contribution is -2.09. The predicted molar refractivity (Wildman–Crippen MR) is 86.4 cm³/mol. The SMILES string of the molecule is Cc1ccc2c(c1)c(Sc1nccn1C)c(C)n2CC(=O)O. The fourth-order valence-corrected chi connectivity index (χ4v) is 3.61. The molecule has 0 aliphatic carbocycles. The zero-order valence-electron chi connectivity index (χ0n) is 12.7. The quantitative estimate of drug-likeness (QED) is 0.803. The van der Waals surface area contributed by atoms with Gasteiger partial charge in [-0.05, 0) is 37.7 Å². The summed E-state index contributed by atoms with van der Waals surface area (Å²) in [6, 6.07) is 6.10. The molecule has 0 saturated carbocycles. The topological polar surface area (TPSA) is 60.0 Å². The molecule has 0 aliphatic heterocycles. The molecule has 0 aliphatic rings. The lowest BCUT2D eigenvalue weighted by Gasteiger charge is -2.05. The Labute approximate surface area is 132 Å². The minimum Gasteiger partial charge on any atom is -0.480 e. The number of carboxylic acid groups (broad SMARTS) is 1. The van der Waals surface area contributed by atoms with Crippen molar-refractivity contribution in [2.75, 3.05) is 0 Å². The summed E-state index contributed by atoms with van der Waals surface area (Å²) in [5.41, 5.74) is 3.06. The van der Waals surface area contributed by atoms with Crippen molar-refractivity contribution in [3.05, 3.63) is 41.9 Å². The molecule has 0 bridgehead atoms. The molecule has 2 aromatic heterocycles. The van der Waals surface area contributed by atoms with Crippen molar-refractivity contribution in [2.24, 2.45) is 7.05 Å². The predicted octanol–water partition coefficient (Wildman–Crippen LogP) is 3.23. The fraction of sp³-hybridized carbons (Fsp3) is 0.250. The van der Waals surface area contributed by atoms with Crippen LogP contribution in [0.25, 0.3) is 10.9 Å². The van der Waals surface area contributed by atoms with Gasteiger partial charge in [-0.25, -0.2) is 4.98 Å². The molecule has 0 spiro atoms. The fourth-order valence-electron chi connectivity index (χ4n) is 2.57. The summed E-state index contributed by atoms with van der Waals surface area (Å²) in [7, 11) is 1.95. The van der Waals surface area contributed by atoms with E-state index in [-0.39, 0.29) is 6.54 Å². The number of imidazole rings is 1. The number of aliphatic carboxylic acids is 1. The molecule has 1 aromatic carbocycles. The van der Waals surface area contributed by atoms with Gasteiger partial charge in [-0.2, -0.15) is 0 Å². The van der Waals surface area contributed by atoms with Crippen LogP contribution in [0.2, 0.25) is 0 Å². The number of nitrogens with zero attached hydrogens (tertiary/aromatic N) is 3. The highest BCUT2D eigenvalue weighted by Crippen LogP contribution is 2.37. The second kappa shape index (κ2) is 5.53. The van der Waals surface area contributed by atoms with Gasteiger partial charge in [0.2, 0.25) is 0 Å². The van der Waals surface area contributed by atoms with E-state index in [2.05, 4.69) is 11.1 Å². The maximum Gasteiger partial charge on any atom is 0.323 e. The largest absolute Gasteiger partial charge is 0.480 e. The van der Waals surface area contributed by atoms with E-state index in [1.165, 1.54) is 0 Å². The second-order valence-electron chi connectivity index (χ2n) is 5.34. The number of hydrogen-bond acceptors (Lipinski definition) is 3. The van der Waals surface area contributed by atoms with Crippen LogP contribution in [0.5, 0.6) is 0 Å². The molecule has 5 nitrogen and oxygen atoms in total. The molecule has 2 heterocycles. The minimum absolute atomic E-state index is 0.0352. The van der Waals surface area contributed by atoms with Gasteiger partial charge in [-0.1, -0.05) is 11.6 Å². The standard InChI is InChI=1S/C16H17N3O2S/c1-10-4-5-13-12(8-10)15(11(2)19(13)9-14(20)21)22-16-17-6-7-18(16)3/h4-8H,9H2,1-3H3,(H,20,21). The molecule has 0 amide bonds. The third kappa shape index (κ3) is 2.50. The van der Waals surface area contributed by atoms with E-state index in [0.717, 1.165) is 32.2 Å². The maximum absolute atomic E-state index is 11.2. The van der Waals surface area contributed by atoms with Gasteiger partial charge in [-0.3, -0.25) is 4.79 Å². The zero-order chi connectivity index (χ0) is 15.9. The van der Waals surface area contributed by atoms with Crippen molar-refractivity contribution in [2.45, 2.75) is 30.4 Å². The van der Waals surface area contributed by atoms with Crippen LogP contribution in [-0.2, 0) is 18.4 Å². The summed E-state index contributed by atoms with van der Waals surface area (Å²) in [4.78, 5) is 16.6. The monoisotopic (exact) mass is 315 g/mol. The van der Waals surface area contributed by atoms with E-state index in [1.54, 1.807) is 18.0 Å². The van der Waals surface area contributed by atoms with E-state index < -0.39 is 5.97 Å². The number of fused-ring (bicyclic) bond motifs is 1. The Morgan fingerprint density at radius 2 is 2.14 bits per heavy atom. The summed E-state index contributed by atoms with van der Waals surface area (Å²) in [5, 5.41) is 11.1. The van der Waals surface area contributed by atoms with Gasteiger partial charge < -0.3 is 14.2 Å². The number of carboxylic acids is 1. The number of hydrogen-bond donors (Lipinski definition) is 1. The van der Waals surface area contributed by atoms with Crippen LogP contribution >= 0.6 is 11.8 Å².